The van der Waals surface area contributed by atoms with Crippen LogP contribution in [0.2, 0.25) is 0 Å². The summed E-state index contributed by atoms with van der Waals surface area (Å²) >= 11 is 0. The highest BCUT2D eigenvalue weighted by molar-refractivity contribution is 5.99. The average molecular weight is 360 g/mol. The monoisotopic (exact) mass is 360 g/mol. The molecule has 0 aliphatic heterocycles. The Kier molecular flexibility index (Phi) is 5.78. The molecule has 3 rings (SSSR count). The number of para-hydroxylation sites is 1. The molecule has 1 aliphatic carbocycles. The molecule has 1 aromatic heterocycles. The van der Waals surface area contributed by atoms with E-state index >= 15 is 0 Å². The Bertz CT molecular complexity index is 779. The number of amides is 2. The van der Waals surface area contributed by atoms with Crippen LogP contribution < -0.4 is 15.4 Å². The van der Waals surface area contributed by atoms with E-state index in [2.05, 4.69) is 10.6 Å². The van der Waals surface area contributed by atoms with Gasteiger partial charge in [0.2, 0.25) is 5.91 Å². The lowest BCUT2D eigenvalue weighted by atomic mass is 9.95. The third-order valence-corrected chi connectivity index (χ3v) is 4.71. The molecule has 3 N–H and O–H groups in total. The second-order valence-electron chi connectivity index (χ2n) is 6.54. The van der Waals surface area contributed by atoms with E-state index in [4.69, 9.17) is 9.15 Å². The molecule has 1 heterocycles. The first-order valence-electron chi connectivity index (χ1n) is 8.91. The zero-order valence-corrected chi connectivity index (χ0v) is 14.8. The van der Waals surface area contributed by atoms with Crippen molar-refractivity contribution in [2.45, 2.75) is 44.2 Å². The molecule has 1 saturated carbocycles. The molecule has 0 radical (unpaired) electrons. The standard InChI is InChI=1S/C19H24N2O5/c1-25-15-9-5-6-12-10-16(26-17(12)15)19(24)21-14(11-22)18(23)20-13-7-3-2-4-8-13/h5-6,9-10,13-14,22H,2-4,7-8,11H2,1H3,(H,20,23)(H,21,24)/t14-/m0/s1. The molecule has 0 spiro atoms. The molecule has 1 atom stereocenters. The molecule has 7 heteroatoms. The van der Waals surface area contributed by atoms with Crippen LogP contribution in [0.15, 0.2) is 28.7 Å². The summed E-state index contributed by atoms with van der Waals surface area (Å²) < 4.78 is 10.8. The van der Waals surface area contributed by atoms with Crippen LogP contribution in [0.1, 0.15) is 42.7 Å². The summed E-state index contributed by atoms with van der Waals surface area (Å²) in [5.74, 6) is -0.341. The lowest BCUT2D eigenvalue weighted by Crippen LogP contribution is -2.51. The second-order valence-corrected chi connectivity index (χ2v) is 6.54. The van der Waals surface area contributed by atoms with Gasteiger partial charge in [-0.05, 0) is 25.0 Å². The molecular formula is C19H24N2O5. The van der Waals surface area contributed by atoms with Gasteiger partial charge in [0.15, 0.2) is 17.1 Å². The van der Waals surface area contributed by atoms with Crippen LogP contribution >= 0.6 is 0 Å². The highest BCUT2D eigenvalue weighted by atomic mass is 16.5. The van der Waals surface area contributed by atoms with Crippen molar-refractivity contribution in [3.8, 4) is 5.75 Å². The summed E-state index contributed by atoms with van der Waals surface area (Å²) in [6.07, 6.45) is 5.22. The average Bonchev–Trinajstić information content (AvgIpc) is 3.11. The van der Waals surface area contributed by atoms with Crippen molar-refractivity contribution in [3.05, 3.63) is 30.0 Å². The SMILES string of the molecule is COc1cccc2cc(C(=O)N[C@@H](CO)C(=O)NC3CCCCC3)oc12. The normalized spacial score (nSPS) is 16.2. The quantitative estimate of drug-likeness (QED) is 0.731. The summed E-state index contributed by atoms with van der Waals surface area (Å²) in [5.41, 5.74) is 0.465. The maximum atomic E-state index is 12.4. The van der Waals surface area contributed by atoms with Gasteiger partial charge in [0.1, 0.15) is 6.04 Å². The predicted molar refractivity (Wildman–Crippen MR) is 96.1 cm³/mol. The number of aliphatic hydroxyl groups excluding tert-OH is 1. The minimum absolute atomic E-state index is 0.0633. The highest BCUT2D eigenvalue weighted by Gasteiger charge is 2.25. The van der Waals surface area contributed by atoms with Crippen LogP contribution in [-0.4, -0.2) is 42.7 Å². The van der Waals surface area contributed by atoms with Crippen molar-refractivity contribution < 1.29 is 23.8 Å². The first-order valence-corrected chi connectivity index (χ1v) is 8.91. The van der Waals surface area contributed by atoms with Crippen LogP contribution in [0, 0.1) is 0 Å². The number of carbonyl (C=O) groups excluding carboxylic acids is 2. The molecule has 1 aliphatic rings. The maximum Gasteiger partial charge on any atom is 0.287 e. The smallest absolute Gasteiger partial charge is 0.287 e. The van der Waals surface area contributed by atoms with Crippen LogP contribution in [0.25, 0.3) is 11.0 Å². The van der Waals surface area contributed by atoms with Crippen molar-refractivity contribution in [1.29, 1.82) is 0 Å². The van der Waals surface area contributed by atoms with Gasteiger partial charge in [-0.2, -0.15) is 0 Å². The second kappa shape index (κ2) is 8.23. The number of carbonyl (C=O) groups is 2. The minimum atomic E-state index is -1.01. The van der Waals surface area contributed by atoms with E-state index < -0.39 is 18.6 Å². The summed E-state index contributed by atoms with van der Waals surface area (Å²) in [7, 11) is 1.52. The number of benzene rings is 1. The largest absolute Gasteiger partial charge is 0.493 e. The summed E-state index contributed by atoms with van der Waals surface area (Å²) in [6, 6.07) is 6.02. The van der Waals surface area contributed by atoms with E-state index in [1.807, 2.05) is 0 Å². The molecule has 0 bridgehead atoms. The first-order chi connectivity index (χ1) is 12.6. The molecule has 0 saturated heterocycles. The third-order valence-electron chi connectivity index (χ3n) is 4.71. The number of ether oxygens (including phenoxy) is 1. The zero-order chi connectivity index (χ0) is 18.5. The minimum Gasteiger partial charge on any atom is -0.493 e. The Labute approximate surface area is 151 Å². The van der Waals surface area contributed by atoms with Gasteiger partial charge in [-0.25, -0.2) is 0 Å². The van der Waals surface area contributed by atoms with Gasteiger partial charge in [-0.1, -0.05) is 31.4 Å². The number of hydrogen-bond donors (Lipinski definition) is 3. The number of rotatable bonds is 6. The zero-order valence-electron chi connectivity index (χ0n) is 14.8. The van der Waals surface area contributed by atoms with Crippen LogP contribution in [0.3, 0.4) is 0 Å². The molecule has 1 fully saturated rings. The molecule has 1 aromatic carbocycles. The van der Waals surface area contributed by atoms with E-state index in [-0.39, 0.29) is 17.7 Å². The molecule has 7 nitrogen and oxygen atoms in total. The molecule has 2 aromatic rings. The van der Waals surface area contributed by atoms with Crippen molar-refractivity contribution >= 4 is 22.8 Å². The fourth-order valence-electron chi connectivity index (χ4n) is 3.28. The fourth-order valence-corrected chi connectivity index (χ4v) is 3.28. The Morgan fingerprint density at radius 1 is 1.31 bits per heavy atom. The van der Waals surface area contributed by atoms with Gasteiger partial charge in [0.05, 0.1) is 13.7 Å². The predicted octanol–water partition coefficient (Wildman–Crippen LogP) is 1.98. The van der Waals surface area contributed by atoms with Crippen molar-refractivity contribution in [3.63, 3.8) is 0 Å². The van der Waals surface area contributed by atoms with Crippen LogP contribution in [0.5, 0.6) is 5.75 Å². The molecule has 2 amide bonds. The Morgan fingerprint density at radius 2 is 2.08 bits per heavy atom. The summed E-state index contributed by atoms with van der Waals surface area (Å²) in [4.78, 5) is 24.8. The molecule has 0 unspecified atom stereocenters. The number of nitrogens with one attached hydrogen (secondary N) is 2. The Hall–Kier alpha value is -2.54. The number of hydrogen-bond acceptors (Lipinski definition) is 5. The number of aliphatic hydroxyl groups is 1. The van der Waals surface area contributed by atoms with Crippen molar-refractivity contribution in [2.24, 2.45) is 0 Å². The van der Waals surface area contributed by atoms with E-state index in [9.17, 15) is 14.7 Å². The van der Waals surface area contributed by atoms with E-state index in [1.165, 1.54) is 13.5 Å². The number of fused-ring (bicyclic) bond motifs is 1. The molecule has 140 valence electrons. The number of furan rings is 1. The van der Waals surface area contributed by atoms with E-state index in [1.54, 1.807) is 24.3 Å². The van der Waals surface area contributed by atoms with Crippen LogP contribution in [0.4, 0.5) is 0 Å². The molecular weight excluding hydrogens is 336 g/mol. The van der Waals surface area contributed by atoms with Gasteiger partial charge in [-0.3, -0.25) is 9.59 Å². The lowest BCUT2D eigenvalue weighted by molar-refractivity contribution is -0.124. The lowest BCUT2D eigenvalue weighted by Gasteiger charge is -2.25. The van der Waals surface area contributed by atoms with E-state index in [0.717, 1.165) is 31.1 Å². The van der Waals surface area contributed by atoms with Gasteiger partial charge in [-0.15, -0.1) is 0 Å². The Morgan fingerprint density at radius 3 is 2.77 bits per heavy atom. The van der Waals surface area contributed by atoms with Gasteiger partial charge >= 0.3 is 0 Å². The van der Waals surface area contributed by atoms with Gasteiger partial charge in [0.25, 0.3) is 5.91 Å². The van der Waals surface area contributed by atoms with Gasteiger partial charge in [0, 0.05) is 11.4 Å². The van der Waals surface area contributed by atoms with Crippen molar-refractivity contribution in [2.75, 3.05) is 13.7 Å². The first kappa shape index (κ1) is 18.3. The number of methoxy groups -OCH3 is 1. The molecule has 26 heavy (non-hydrogen) atoms. The maximum absolute atomic E-state index is 12.4. The van der Waals surface area contributed by atoms with Crippen LogP contribution in [-0.2, 0) is 4.79 Å². The summed E-state index contributed by atoms with van der Waals surface area (Å²) in [6.45, 7) is -0.478. The van der Waals surface area contributed by atoms with Crippen molar-refractivity contribution in [1.82, 2.24) is 10.6 Å². The third kappa shape index (κ3) is 3.99. The fraction of sp³-hybridized carbons (Fsp3) is 0.474. The summed E-state index contributed by atoms with van der Waals surface area (Å²) in [5, 5.41) is 15.7. The topological polar surface area (TPSA) is 101 Å². The van der Waals surface area contributed by atoms with E-state index in [0.29, 0.717) is 11.3 Å². The highest BCUT2D eigenvalue weighted by Crippen LogP contribution is 2.28. The van der Waals surface area contributed by atoms with Gasteiger partial charge < -0.3 is 24.9 Å². The Balaban J connectivity index is 1.67.